The summed E-state index contributed by atoms with van der Waals surface area (Å²) in [5.74, 6) is 0.895. The summed E-state index contributed by atoms with van der Waals surface area (Å²) in [4.78, 5) is 4.30. The van der Waals surface area contributed by atoms with E-state index >= 15 is 0 Å². The van der Waals surface area contributed by atoms with Crippen molar-refractivity contribution in [2.75, 3.05) is 0 Å². The molecule has 0 amide bonds. The summed E-state index contributed by atoms with van der Waals surface area (Å²) < 4.78 is 5.97. The van der Waals surface area contributed by atoms with Crippen molar-refractivity contribution in [2.24, 2.45) is 0 Å². The van der Waals surface area contributed by atoms with Gasteiger partial charge < -0.3 is 9.63 Å². The SMILES string of the molecule is Oc1cc(-c2nc(-c3ccc(Cl)c(Cl)c3)no2)ccc1I. The van der Waals surface area contributed by atoms with E-state index in [1.165, 1.54) is 0 Å². The third-order valence-electron chi connectivity index (χ3n) is 2.80. The molecule has 0 spiro atoms. The van der Waals surface area contributed by atoms with Gasteiger partial charge in [-0.3, -0.25) is 0 Å². The van der Waals surface area contributed by atoms with Crippen LogP contribution in [0, 0.1) is 3.57 Å². The third kappa shape index (κ3) is 3.00. The number of phenols is 1. The quantitative estimate of drug-likeness (QED) is 0.577. The number of halogens is 3. The minimum Gasteiger partial charge on any atom is -0.507 e. The normalized spacial score (nSPS) is 10.8. The molecule has 0 aliphatic heterocycles. The second-order valence-electron chi connectivity index (χ2n) is 4.22. The highest BCUT2D eigenvalue weighted by atomic mass is 127. The van der Waals surface area contributed by atoms with Crippen molar-refractivity contribution in [1.82, 2.24) is 10.1 Å². The van der Waals surface area contributed by atoms with Crippen LogP contribution in [0.1, 0.15) is 0 Å². The molecular weight excluding hydrogens is 426 g/mol. The molecule has 0 bridgehead atoms. The molecule has 0 aliphatic rings. The van der Waals surface area contributed by atoms with E-state index in [1.807, 2.05) is 22.6 Å². The van der Waals surface area contributed by atoms with E-state index in [0.717, 1.165) is 3.57 Å². The topological polar surface area (TPSA) is 59.2 Å². The largest absolute Gasteiger partial charge is 0.507 e. The summed E-state index contributed by atoms with van der Waals surface area (Å²) in [6.45, 7) is 0. The Morgan fingerprint density at radius 3 is 2.48 bits per heavy atom. The number of benzene rings is 2. The van der Waals surface area contributed by atoms with E-state index in [2.05, 4.69) is 10.1 Å². The number of hydrogen-bond acceptors (Lipinski definition) is 4. The Balaban J connectivity index is 1.99. The molecule has 2 aromatic carbocycles. The standard InChI is InChI=1S/C14H7Cl2IN2O2/c15-9-3-1-7(5-10(9)16)13-18-14(21-19-13)8-2-4-11(17)12(20)6-8/h1-6,20H. The minimum atomic E-state index is 0.169. The Labute approximate surface area is 143 Å². The molecule has 0 radical (unpaired) electrons. The van der Waals surface area contributed by atoms with Crippen molar-refractivity contribution in [3.05, 3.63) is 50.0 Å². The molecule has 106 valence electrons. The number of nitrogens with zero attached hydrogens (tertiary/aromatic N) is 2. The van der Waals surface area contributed by atoms with Gasteiger partial charge in [-0.05, 0) is 59.0 Å². The number of aromatic nitrogens is 2. The van der Waals surface area contributed by atoms with Gasteiger partial charge in [-0.1, -0.05) is 28.4 Å². The van der Waals surface area contributed by atoms with Crippen molar-refractivity contribution in [1.29, 1.82) is 0 Å². The molecule has 1 heterocycles. The zero-order valence-corrected chi connectivity index (χ0v) is 14.0. The summed E-state index contributed by atoms with van der Waals surface area (Å²) in [6.07, 6.45) is 0. The fourth-order valence-electron chi connectivity index (χ4n) is 1.74. The average molecular weight is 433 g/mol. The fraction of sp³-hybridized carbons (Fsp3) is 0. The zero-order valence-electron chi connectivity index (χ0n) is 10.3. The maximum atomic E-state index is 9.72. The molecule has 3 rings (SSSR count). The first-order valence-electron chi connectivity index (χ1n) is 5.82. The van der Waals surface area contributed by atoms with Crippen LogP contribution in [0.5, 0.6) is 5.75 Å². The Bertz CT molecular complexity index is 754. The van der Waals surface area contributed by atoms with E-state index in [1.54, 1.807) is 36.4 Å². The van der Waals surface area contributed by atoms with Gasteiger partial charge in [-0.15, -0.1) is 0 Å². The lowest BCUT2D eigenvalue weighted by Crippen LogP contribution is -1.82. The molecule has 7 heteroatoms. The Kier molecular flexibility index (Phi) is 4.05. The summed E-state index contributed by atoms with van der Waals surface area (Å²) in [6, 6.07) is 10.2. The van der Waals surface area contributed by atoms with Crippen molar-refractivity contribution in [3.8, 4) is 28.6 Å². The van der Waals surface area contributed by atoms with Gasteiger partial charge in [0.15, 0.2) is 0 Å². The summed E-state index contributed by atoms with van der Waals surface area (Å²) in [5, 5.41) is 14.5. The third-order valence-corrected chi connectivity index (χ3v) is 4.45. The fourth-order valence-corrected chi connectivity index (χ4v) is 2.37. The van der Waals surface area contributed by atoms with Gasteiger partial charge in [0.2, 0.25) is 5.82 Å². The molecule has 1 aromatic heterocycles. The molecule has 21 heavy (non-hydrogen) atoms. The predicted octanol–water partition coefficient (Wildman–Crippen LogP) is 5.02. The molecule has 0 saturated heterocycles. The first-order valence-corrected chi connectivity index (χ1v) is 7.66. The van der Waals surface area contributed by atoms with Crippen molar-refractivity contribution in [3.63, 3.8) is 0 Å². The Morgan fingerprint density at radius 2 is 1.76 bits per heavy atom. The van der Waals surface area contributed by atoms with Crippen LogP contribution < -0.4 is 0 Å². The second-order valence-corrected chi connectivity index (χ2v) is 6.19. The first-order chi connectivity index (χ1) is 10.0. The molecule has 0 aliphatic carbocycles. The summed E-state index contributed by atoms with van der Waals surface area (Å²) in [5.41, 5.74) is 1.35. The number of aromatic hydroxyl groups is 1. The highest BCUT2D eigenvalue weighted by Crippen LogP contribution is 2.30. The Morgan fingerprint density at radius 1 is 1.00 bits per heavy atom. The van der Waals surface area contributed by atoms with Gasteiger partial charge >= 0.3 is 0 Å². The average Bonchev–Trinajstić information content (AvgIpc) is 2.94. The van der Waals surface area contributed by atoms with Crippen LogP contribution in [-0.2, 0) is 0 Å². The van der Waals surface area contributed by atoms with Crippen molar-refractivity contribution >= 4 is 45.8 Å². The van der Waals surface area contributed by atoms with E-state index in [0.29, 0.717) is 32.9 Å². The Hall–Kier alpha value is -1.31. The summed E-state index contributed by atoms with van der Waals surface area (Å²) in [7, 11) is 0. The maximum Gasteiger partial charge on any atom is 0.258 e. The van der Waals surface area contributed by atoms with Crippen LogP contribution in [0.25, 0.3) is 22.8 Å². The summed E-state index contributed by atoms with van der Waals surface area (Å²) >= 11 is 13.9. The lowest BCUT2D eigenvalue weighted by molar-refractivity contribution is 0.431. The molecule has 0 saturated carbocycles. The minimum absolute atomic E-state index is 0.169. The first kappa shape index (κ1) is 14.6. The van der Waals surface area contributed by atoms with Crippen LogP contribution in [-0.4, -0.2) is 15.2 Å². The number of phenolic OH excluding ortho intramolecular Hbond substituents is 1. The monoisotopic (exact) mass is 432 g/mol. The van der Waals surface area contributed by atoms with Crippen LogP contribution in [0.4, 0.5) is 0 Å². The van der Waals surface area contributed by atoms with Crippen LogP contribution in [0.3, 0.4) is 0 Å². The van der Waals surface area contributed by atoms with Crippen molar-refractivity contribution in [2.45, 2.75) is 0 Å². The van der Waals surface area contributed by atoms with E-state index in [9.17, 15) is 5.11 Å². The van der Waals surface area contributed by atoms with E-state index in [4.69, 9.17) is 27.7 Å². The number of hydrogen-bond donors (Lipinski definition) is 1. The molecule has 0 fully saturated rings. The van der Waals surface area contributed by atoms with Gasteiger partial charge in [-0.2, -0.15) is 4.98 Å². The molecular formula is C14H7Cl2IN2O2. The molecule has 0 atom stereocenters. The van der Waals surface area contributed by atoms with Gasteiger partial charge in [0.25, 0.3) is 5.89 Å². The maximum absolute atomic E-state index is 9.72. The van der Waals surface area contributed by atoms with Crippen molar-refractivity contribution < 1.29 is 9.63 Å². The van der Waals surface area contributed by atoms with Crippen LogP contribution in [0.15, 0.2) is 40.9 Å². The van der Waals surface area contributed by atoms with Gasteiger partial charge in [0.05, 0.1) is 13.6 Å². The lowest BCUT2D eigenvalue weighted by Gasteiger charge is -1.98. The lowest BCUT2D eigenvalue weighted by atomic mass is 10.2. The second kappa shape index (κ2) is 5.82. The zero-order chi connectivity index (χ0) is 15.0. The highest BCUT2D eigenvalue weighted by Gasteiger charge is 2.13. The van der Waals surface area contributed by atoms with E-state index in [-0.39, 0.29) is 5.75 Å². The van der Waals surface area contributed by atoms with Gasteiger partial charge in [-0.25, -0.2) is 0 Å². The predicted molar refractivity (Wildman–Crippen MR) is 89.6 cm³/mol. The van der Waals surface area contributed by atoms with Crippen LogP contribution >= 0.6 is 45.8 Å². The number of rotatable bonds is 2. The molecule has 3 aromatic rings. The van der Waals surface area contributed by atoms with Gasteiger partial charge in [0, 0.05) is 11.1 Å². The van der Waals surface area contributed by atoms with Crippen LogP contribution in [0.2, 0.25) is 10.0 Å². The van der Waals surface area contributed by atoms with E-state index < -0.39 is 0 Å². The molecule has 0 unspecified atom stereocenters. The molecule has 1 N–H and O–H groups in total. The smallest absolute Gasteiger partial charge is 0.258 e. The highest BCUT2D eigenvalue weighted by molar-refractivity contribution is 14.1. The van der Waals surface area contributed by atoms with Gasteiger partial charge in [0.1, 0.15) is 5.75 Å². The molecule has 4 nitrogen and oxygen atoms in total.